The van der Waals surface area contributed by atoms with Crippen molar-refractivity contribution in [2.24, 2.45) is 0 Å². The third-order valence-corrected chi connectivity index (χ3v) is 5.55. The number of hydrogen-bond acceptors (Lipinski definition) is 4. The van der Waals surface area contributed by atoms with Gasteiger partial charge in [-0.1, -0.05) is 40.9 Å². The number of carbonyl (C=O) groups excluding carboxylic acids is 1. The maximum Gasteiger partial charge on any atom is 0.257 e. The highest BCUT2D eigenvalue weighted by atomic mass is 35.5. The highest BCUT2D eigenvalue weighted by molar-refractivity contribution is 7.89. The molecule has 2 N–H and O–H groups in total. The molecular weight excluding hydrogens is 399 g/mol. The van der Waals surface area contributed by atoms with Crippen molar-refractivity contribution in [2.45, 2.75) is 11.8 Å². The van der Waals surface area contributed by atoms with Crippen molar-refractivity contribution in [1.29, 1.82) is 0 Å². The zero-order chi connectivity index (χ0) is 19.2. The van der Waals surface area contributed by atoms with Crippen LogP contribution < -0.4 is 14.8 Å². The first-order valence-electron chi connectivity index (χ1n) is 7.69. The standard InChI is InChI=1S/C17H18Cl2N2O4S/c1-12-2-5-14(6-3-12)26(23,24)21-9-8-20-17(22)11-25-13-4-7-15(18)16(19)10-13/h2-7,10,21H,8-9,11H2,1H3,(H,20,22). The number of carbonyl (C=O) groups is 1. The summed E-state index contributed by atoms with van der Waals surface area (Å²) in [6.07, 6.45) is 0. The molecule has 1 amide bonds. The summed E-state index contributed by atoms with van der Waals surface area (Å²) in [5.74, 6) is 0.0280. The molecule has 0 fully saturated rings. The molecule has 6 nitrogen and oxygen atoms in total. The van der Waals surface area contributed by atoms with Gasteiger partial charge in [-0.3, -0.25) is 4.79 Å². The number of sulfonamides is 1. The number of halogens is 2. The quantitative estimate of drug-likeness (QED) is 0.647. The van der Waals surface area contributed by atoms with E-state index in [1.54, 1.807) is 24.3 Å². The molecule has 0 saturated heterocycles. The summed E-state index contributed by atoms with van der Waals surface area (Å²) in [7, 11) is -3.60. The Balaban J connectivity index is 1.72. The predicted octanol–water partition coefficient (Wildman–Crippen LogP) is 2.78. The largest absolute Gasteiger partial charge is 0.484 e. The number of rotatable bonds is 8. The highest BCUT2D eigenvalue weighted by Crippen LogP contribution is 2.26. The van der Waals surface area contributed by atoms with Gasteiger partial charge in [-0.05, 0) is 31.2 Å². The fourth-order valence-corrected chi connectivity index (χ4v) is 3.27. The van der Waals surface area contributed by atoms with Crippen molar-refractivity contribution >= 4 is 39.1 Å². The second-order valence-corrected chi connectivity index (χ2v) is 8.01. The minimum absolute atomic E-state index is 0.0642. The molecule has 0 unspecified atom stereocenters. The second kappa shape index (κ2) is 9.23. The van der Waals surface area contributed by atoms with E-state index in [2.05, 4.69) is 10.0 Å². The van der Waals surface area contributed by atoms with Gasteiger partial charge >= 0.3 is 0 Å². The molecule has 0 aliphatic carbocycles. The number of ether oxygens (including phenoxy) is 1. The number of nitrogens with one attached hydrogen (secondary N) is 2. The zero-order valence-corrected chi connectivity index (χ0v) is 16.3. The van der Waals surface area contributed by atoms with Gasteiger partial charge in [0.05, 0.1) is 14.9 Å². The predicted molar refractivity (Wildman–Crippen MR) is 101 cm³/mol. The maximum absolute atomic E-state index is 12.1. The third kappa shape index (κ3) is 6.17. The van der Waals surface area contributed by atoms with Crippen LogP contribution in [0.1, 0.15) is 5.56 Å². The van der Waals surface area contributed by atoms with Gasteiger partial charge in [-0.2, -0.15) is 0 Å². The molecule has 0 saturated carbocycles. The third-order valence-electron chi connectivity index (χ3n) is 3.33. The molecule has 0 spiro atoms. The lowest BCUT2D eigenvalue weighted by atomic mass is 10.2. The summed E-state index contributed by atoms with van der Waals surface area (Å²) in [4.78, 5) is 11.9. The van der Waals surface area contributed by atoms with E-state index in [-0.39, 0.29) is 30.5 Å². The Morgan fingerprint density at radius 3 is 2.38 bits per heavy atom. The molecule has 0 aliphatic heterocycles. The lowest BCUT2D eigenvalue weighted by Gasteiger charge is -2.09. The fourth-order valence-electron chi connectivity index (χ4n) is 1.95. The van der Waals surface area contributed by atoms with Gasteiger partial charge in [0.15, 0.2) is 6.61 Å². The second-order valence-electron chi connectivity index (χ2n) is 5.43. The van der Waals surface area contributed by atoms with Crippen molar-refractivity contribution < 1.29 is 17.9 Å². The van der Waals surface area contributed by atoms with Gasteiger partial charge in [-0.15, -0.1) is 0 Å². The first kappa shape index (κ1) is 20.5. The Morgan fingerprint density at radius 2 is 1.73 bits per heavy atom. The summed E-state index contributed by atoms with van der Waals surface area (Å²) < 4.78 is 31.9. The number of benzene rings is 2. The molecule has 0 radical (unpaired) electrons. The Kier molecular flexibility index (Phi) is 7.28. The van der Waals surface area contributed by atoms with Crippen LogP contribution in [0.25, 0.3) is 0 Å². The van der Waals surface area contributed by atoms with Crippen LogP contribution in [0.4, 0.5) is 0 Å². The van der Waals surface area contributed by atoms with E-state index in [1.165, 1.54) is 18.2 Å². The number of amides is 1. The van der Waals surface area contributed by atoms with Gasteiger partial charge in [0.2, 0.25) is 10.0 Å². The molecule has 140 valence electrons. The summed E-state index contributed by atoms with van der Waals surface area (Å²) in [6.45, 7) is 1.85. The smallest absolute Gasteiger partial charge is 0.257 e. The first-order chi connectivity index (χ1) is 12.3. The average Bonchev–Trinajstić information content (AvgIpc) is 2.60. The van der Waals surface area contributed by atoms with Crippen molar-refractivity contribution in [3.63, 3.8) is 0 Å². The maximum atomic E-state index is 12.1. The molecule has 0 heterocycles. The molecule has 0 atom stereocenters. The van der Waals surface area contributed by atoms with Gasteiger partial charge in [0, 0.05) is 19.2 Å². The van der Waals surface area contributed by atoms with Gasteiger partial charge in [0.25, 0.3) is 5.91 Å². The fraction of sp³-hybridized carbons (Fsp3) is 0.235. The number of hydrogen-bond donors (Lipinski definition) is 2. The van der Waals surface area contributed by atoms with Crippen LogP contribution in [0.3, 0.4) is 0 Å². The van der Waals surface area contributed by atoms with E-state index in [4.69, 9.17) is 27.9 Å². The summed E-state index contributed by atoms with van der Waals surface area (Å²) >= 11 is 11.6. The molecular formula is C17H18Cl2N2O4S. The van der Waals surface area contributed by atoms with Crippen LogP contribution in [-0.4, -0.2) is 34.0 Å². The van der Waals surface area contributed by atoms with Gasteiger partial charge < -0.3 is 10.1 Å². The van der Waals surface area contributed by atoms with Crippen LogP contribution in [-0.2, 0) is 14.8 Å². The summed E-state index contributed by atoms with van der Waals surface area (Å²) in [5, 5.41) is 3.28. The Labute approximate surface area is 162 Å². The molecule has 2 aromatic carbocycles. The normalized spacial score (nSPS) is 11.2. The Morgan fingerprint density at radius 1 is 1.04 bits per heavy atom. The van der Waals surface area contributed by atoms with Crippen molar-refractivity contribution in [2.75, 3.05) is 19.7 Å². The highest BCUT2D eigenvalue weighted by Gasteiger charge is 2.13. The van der Waals surface area contributed by atoms with Crippen molar-refractivity contribution in [3.8, 4) is 5.75 Å². The molecule has 0 aliphatic rings. The van der Waals surface area contributed by atoms with Crippen LogP contribution in [0.2, 0.25) is 10.0 Å². The lowest BCUT2D eigenvalue weighted by Crippen LogP contribution is -2.36. The molecule has 26 heavy (non-hydrogen) atoms. The topological polar surface area (TPSA) is 84.5 Å². The van der Waals surface area contributed by atoms with E-state index in [9.17, 15) is 13.2 Å². The molecule has 9 heteroatoms. The van der Waals surface area contributed by atoms with E-state index in [1.807, 2.05) is 6.92 Å². The van der Waals surface area contributed by atoms with Crippen LogP contribution in [0.5, 0.6) is 5.75 Å². The Hall–Kier alpha value is -1.80. The molecule has 0 aromatic heterocycles. The monoisotopic (exact) mass is 416 g/mol. The van der Waals surface area contributed by atoms with Crippen LogP contribution in [0.15, 0.2) is 47.4 Å². The SMILES string of the molecule is Cc1ccc(S(=O)(=O)NCCNC(=O)COc2ccc(Cl)c(Cl)c2)cc1. The van der Waals surface area contributed by atoms with Crippen molar-refractivity contribution in [3.05, 3.63) is 58.1 Å². The van der Waals surface area contributed by atoms with E-state index in [0.717, 1.165) is 5.56 Å². The zero-order valence-electron chi connectivity index (χ0n) is 14.0. The van der Waals surface area contributed by atoms with Crippen LogP contribution in [0, 0.1) is 6.92 Å². The first-order valence-corrected chi connectivity index (χ1v) is 9.93. The van der Waals surface area contributed by atoms with Crippen molar-refractivity contribution in [1.82, 2.24) is 10.0 Å². The van der Waals surface area contributed by atoms with Crippen LogP contribution >= 0.6 is 23.2 Å². The van der Waals surface area contributed by atoms with E-state index >= 15 is 0 Å². The number of aryl methyl sites for hydroxylation is 1. The lowest BCUT2D eigenvalue weighted by molar-refractivity contribution is -0.123. The van der Waals surface area contributed by atoms with Gasteiger partial charge in [0.1, 0.15) is 5.75 Å². The molecule has 2 rings (SSSR count). The Bertz CT molecular complexity index is 871. The molecule has 0 bridgehead atoms. The molecule has 2 aromatic rings. The minimum atomic E-state index is -3.60. The van der Waals surface area contributed by atoms with Gasteiger partial charge in [-0.25, -0.2) is 13.1 Å². The average molecular weight is 417 g/mol. The minimum Gasteiger partial charge on any atom is -0.484 e. The summed E-state index contributed by atoms with van der Waals surface area (Å²) in [5.41, 5.74) is 0.971. The van der Waals surface area contributed by atoms with E-state index in [0.29, 0.717) is 15.8 Å². The summed E-state index contributed by atoms with van der Waals surface area (Å²) in [6, 6.07) is 11.2. The van der Waals surface area contributed by atoms with E-state index < -0.39 is 10.0 Å².